The third kappa shape index (κ3) is 5.46. The molecule has 0 bridgehead atoms. The number of nitrogens with one attached hydrogen (secondary N) is 2. The van der Waals surface area contributed by atoms with Crippen molar-refractivity contribution in [2.45, 2.75) is 51.5 Å². The zero-order valence-corrected chi connectivity index (χ0v) is 15.7. The number of hydrogen-bond acceptors (Lipinski definition) is 3. The number of likely N-dealkylation sites (tertiary alicyclic amines) is 1. The fraction of sp³-hybridized carbons (Fsp3) is 0.684. The molecular formula is C19H29N3O2S. The molecular weight excluding hydrogens is 334 g/mol. The zero-order valence-electron chi connectivity index (χ0n) is 14.8. The van der Waals surface area contributed by atoms with Crippen LogP contribution in [0.4, 0.5) is 4.79 Å². The first-order chi connectivity index (χ1) is 12.2. The fourth-order valence-corrected chi connectivity index (χ4v) is 4.49. The highest BCUT2D eigenvalue weighted by Crippen LogP contribution is 2.23. The minimum absolute atomic E-state index is 0.0572. The fourth-order valence-electron chi connectivity index (χ4n) is 3.84. The maximum atomic E-state index is 12.5. The van der Waals surface area contributed by atoms with E-state index in [0.29, 0.717) is 19.0 Å². The standard InChI is InChI=1S/C19H29N3O2S/c23-18(20-12-15-6-2-1-3-7-15)16-8-4-10-22(14-16)19(24)21-13-17-9-5-11-25-17/h5,9,11,15-16H,1-4,6-8,10,12-14H2,(H,20,23)(H,21,24). The summed E-state index contributed by atoms with van der Waals surface area (Å²) in [6.07, 6.45) is 8.18. The van der Waals surface area contributed by atoms with Gasteiger partial charge in [-0.2, -0.15) is 0 Å². The van der Waals surface area contributed by atoms with Gasteiger partial charge in [0.15, 0.2) is 0 Å². The van der Waals surface area contributed by atoms with E-state index in [9.17, 15) is 9.59 Å². The molecule has 0 radical (unpaired) electrons. The summed E-state index contributed by atoms with van der Waals surface area (Å²) < 4.78 is 0. The number of amides is 3. The molecule has 2 N–H and O–H groups in total. The van der Waals surface area contributed by atoms with Gasteiger partial charge in [0.2, 0.25) is 5.91 Å². The van der Waals surface area contributed by atoms with Crippen LogP contribution in [-0.2, 0) is 11.3 Å². The lowest BCUT2D eigenvalue weighted by Gasteiger charge is -2.32. The van der Waals surface area contributed by atoms with E-state index in [2.05, 4.69) is 10.6 Å². The van der Waals surface area contributed by atoms with Gasteiger partial charge < -0.3 is 15.5 Å². The topological polar surface area (TPSA) is 61.4 Å². The molecule has 1 aliphatic carbocycles. The van der Waals surface area contributed by atoms with Crippen molar-refractivity contribution in [1.82, 2.24) is 15.5 Å². The monoisotopic (exact) mass is 363 g/mol. The maximum absolute atomic E-state index is 12.5. The second-order valence-electron chi connectivity index (χ2n) is 7.27. The molecule has 6 heteroatoms. The summed E-state index contributed by atoms with van der Waals surface area (Å²) >= 11 is 1.64. The molecule has 2 aliphatic rings. The molecule has 3 amide bonds. The first kappa shape index (κ1) is 18.2. The Morgan fingerprint density at radius 1 is 1.12 bits per heavy atom. The summed E-state index contributed by atoms with van der Waals surface area (Å²) in [6.45, 7) is 2.64. The first-order valence-electron chi connectivity index (χ1n) is 9.55. The Morgan fingerprint density at radius 2 is 1.96 bits per heavy atom. The first-order valence-corrected chi connectivity index (χ1v) is 10.4. The average Bonchev–Trinajstić information content (AvgIpc) is 3.18. The van der Waals surface area contributed by atoms with Gasteiger partial charge in [-0.25, -0.2) is 4.79 Å². The van der Waals surface area contributed by atoms with E-state index < -0.39 is 0 Å². The molecule has 1 saturated heterocycles. The van der Waals surface area contributed by atoms with Crippen LogP contribution in [0.2, 0.25) is 0 Å². The van der Waals surface area contributed by atoms with Gasteiger partial charge in [0.1, 0.15) is 0 Å². The molecule has 0 spiro atoms. The molecule has 0 aromatic carbocycles. The van der Waals surface area contributed by atoms with Crippen molar-refractivity contribution in [1.29, 1.82) is 0 Å². The third-order valence-corrected chi connectivity index (χ3v) is 6.24. The Kier molecular flexibility index (Phi) is 6.73. The number of hydrogen-bond donors (Lipinski definition) is 2. The smallest absolute Gasteiger partial charge is 0.317 e. The Balaban J connectivity index is 1.41. The van der Waals surface area contributed by atoms with Crippen molar-refractivity contribution >= 4 is 23.3 Å². The Hall–Kier alpha value is -1.56. The van der Waals surface area contributed by atoms with Gasteiger partial charge in [0.05, 0.1) is 12.5 Å². The number of thiophene rings is 1. The van der Waals surface area contributed by atoms with E-state index in [0.717, 1.165) is 30.8 Å². The van der Waals surface area contributed by atoms with E-state index >= 15 is 0 Å². The van der Waals surface area contributed by atoms with E-state index in [4.69, 9.17) is 0 Å². The SMILES string of the molecule is O=C(NCC1CCCCC1)C1CCCN(C(=O)NCc2cccs2)C1. The van der Waals surface area contributed by atoms with Crippen molar-refractivity contribution in [3.8, 4) is 0 Å². The minimum Gasteiger partial charge on any atom is -0.356 e. The number of piperidine rings is 1. The second kappa shape index (κ2) is 9.22. The number of nitrogens with zero attached hydrogens (tertiary/aromatic N) is 1. The van der Waals surface area contributed by atoms with Crippen LogP contribution >= 0.6 is 11.3 Å². The lowest BCUT2D eigenvalue weighted by molar-refractivity contribution is -0.126. The van der Waals surface area contributed by atoms with Crippen LogP contribution in [0.5, 0.6) is 0 Å². The van der Waals surface area contributed by atoms with Crippen molar-refractivity contribution in [2.24, 2.45) is 11.8 Å². The van der Waals surface area contributed by atoms with Gasteiger partial charge >= 0.3 is 6.03 Å². The molecule has 1 saturated carbocycles. The summed E-state index contributed by atoms with van der Waals surface area (Å²) in [5, 5.41) is 8.11. The van der Waals surface area contributed by atoms with Crippen LogP contribution in [0.3, 0.4) is 0 Å². The van der Waals surface area contributed by atoms with Gasteiger partial charge in [0.25, 0.3) is 0 Å². The van der Waals surface area contributed by atoms with Crippen LogP contribution in [-0.4, -0.2) is 36.5 Å². The van der Waals surface area contributed by atoms with Crippen LogP contribution in [0.1, 0.15) is 49.8 Å². The van der Waals surface area contributed by atoms with Crippen LogP contribution in [0, 0.1) is 11.8 Å². The summed E-state index contributed by atoms with van der Waals surface area (Å²) in [7, 11) is 0. The Morgan fingerprint density at radius 3 is 2.72 bits per heavy atom. The molecule has 1 aliphatic heterocycles. The molecule has 25 heavy (non-hydrogen) atoms. The number of rotatable bonds is 5. The van der Waals surface area contributed by atoms with E-state index in [1.54, 1.807) is 16.2 Å². The van der Waals surface area contributed by atoms with Crippen LogP contribution in [0.25, 0.3) is 0 Å². The number of urea groups is 1. The van der Waals surface area contributed by atoms with Gasteiger partial charge in [0, 0.05) is 24.5 Å². The molecule has 1 aromatic rings. The highest BCUT2D eigenvalue weighted by atomic mass is 32.1. The average molecular weight is 364 g/mol. The lowest BCUT2D eigenvalue weighted by Crippen LogP contribution is -2.49. The summed E-state index contributed by atoms with van der Waals surface area (Å²) in [5.41, 5.74) is 0. The molecule has 138 valence electrons. The van der Waals surface area contributed by atoms with Crippen molar-refractivity contribution in [3.05, 3.63) is 22.4 Å². The quantitative estimate of drug-likeness (QED) is 0.842. The summed E-state index contributed by atoms with van der Waals surface area (Å²) in [6, 6.07) is 3.95. The van der Waals surface area contributed by atoms with E-state index in [-0.39, 0.29) is 17.9 Å². The molecule has 2 fully saturated rings. The second-order valence-corrected chi connectivity index (χ2v) is 8.30. The molecule has 5 nitrogen and oxygen atoms in total. The van der Waals surface area contributed by atoms with Crippen LogP contribution in [0.15, 0.2) is 17.5 Å². The van der Waals surface area contributed by atoms with Crippen molar-refractivity contribution in [3.63, 3.8) is 0 Å². The van der Waals surface area contributed by atoms with Gasteiger partial charge in [-0.1, -0.05) is 25.3 Å². The van der Waals surface area contributed by atoms with Gasteiger partial charge in [-0.3, -0.25) is 4.79 Å². The predicted octanol–water partition coefficient (Wildman–Crippen LogP) is 3.37. The highest BCUT2D eigenvalue weighted by Gasteiger charge is 2.28. The van der Waals surface area contributed by atoms with Crippen LogP contribution < -0.4 is 10.6 Å². The number of carbonyl (C=O) groups is 2. The lowest BCUT2D eigenvalue weighted by atomic mass is 9.89. The van der Waals surface area contributed by atoms with Gasteiger partial charge in [-0.05, 0) is 43.0 Å². The minimum atomic E-state index is -0.0650. The zero-order chi connectivity index (χ0) is 17.5. The van der Waals surface area contributed by atoms with Crippen molar-refractivity contribution < 1.29 is 9.59 Å². The molecule has 1 atom stereocenters. The maximum Gasteiger partial charge on any atom is 0.317 e. The summed E-state index contributed by atoms with van der Waals surface area (Å²) in [4.78, 5) is 27.8. The largest absolute Gasteiger partial charge is 0.356 e. The molecule has 1 unspecified atom stereocenters. The van der Waals surface area contributed by atoms with E-state index in [1.807, 2.05) is 17.5 Å². The molecule has 3 rings (SSSR count). The highest BCUT2D eigenvalue weighted by molar-refractivity contribution is 7.09. The summed E-state index contributed by atoms with van der Waals surface area (Å²) in [5.74, 6) is 0.706. The normalized spacial score (nSPS) is 21.8. The Bertz CT molecular complexity index is 555. The predicted molar refractivity (Wildman–Crippen MR) is 100 cm³/mol. The molecule has 1 aromatic heterocycles. The van der Waals surface area contributed by atoms with Crippen molar-refractivity contribution in [2.75, 3.05) is 19.6 Å². The molecule has 2 heterocycles. The third-order valence-electron chi connectivity index (χ3n) is 5.36. The van der Waals surface area contributed by atoms with E-state index in [1.165, 1.54) is 32.1 Å². The van der Waals surface area contributed by atoms with Gasteiger partial charge in [-0.15, -0.1) is 11.3 Å². The Labute approximate surface area is 154 Å². The number of carbonyl (C=O) groups excluding carboxylic acids is 2.